The smallest absolute Gasteiger partial charge is 0.329 e. The second-order valence-electron chi connectivity index (χ2n) is 9.83. The van der Waals surface area contributed by atoms with Crippen molar-refractivity contribution in [2.24, 2.45) is 7.05 Å². The van der Waals surface area contributed by atoms with Crippen LogP contribution in [0.2, 0.25) is 5.02 Å². The predicted octanol–water partition coefficient (Wildman–Crippen LogP) is 4.42. The van der Waals surface area contributed by atoms with Gasteiger partial charge in [-0.25, -0.2) is 19.2 Å². The number of aliphatic hydroxyl groups excluding tert-OH is 1. The minimum atomic E-state index is -0.447. The van der Waals surface area contributed by atoms with Gasteiger partial charge in [0.15, 0.2) is 5.82 Å². The number of benzene rings is 2. The van der Waals surface area contributed by atoms with Crippen LogP contribution in [0.3, 0.4) is 0 Å². The summed E-state index contributed by atoms with van der Waals surface area (Å²) in [5, 5.41) is 9.69. The average Bonchev–Trinajstić information content (AvgIpc) is 3.57. The van der Waals surface area contributed by atoms with E-state index in [1.54, 1.807) is 18.3 Å². The number of carbonyl (C=O) groups excluding carboxylic acids is 2. The Labute approximate surface area is 247 Å². The van der Waals surface area contributed by atoms with Crippen LogP contribution in [0.4, 0.5) is 15.0 Å². The molecule has 1 fully saturated rings. The van der Waals surface area contributed by atoms with Crippen LogP contribution < -0.4 is 15.0 Å². The predicted molar refractivity (Wildman–Crippen MR) is 155 cm³/mol. The van der Waals surface area contributed by atoms with Crippen LogP contribution in [0.15, 0.2) is 60.8 Å². The van der Waals surface area contributed by atoms with E-state index in [1.807, 2.05) is 41.9 Å². The number of anilines is 1. The molecule has 10 nitrogen and oxygen atoms in total. The van der Waals surface area contributed by atoms with Crippen LogP contribution in [-0.4, -0.2) is 50.1 Å². The summed E-state index contributed by atoms with van der Waals surface area (Å²) in [6.07, 6.45) is 1.88. The topological polar surface area (TPSA) is 113 Å². The largest absolute Gasteiger partial charge is 0.489 e. The van der Waals surface area contributed by atoms with Crippen molar-refractivity contribution in [2.75, 3.05) is 18.6 Å². The van der Waals surface area contributed by atoms with E-state index in [0.717, 1.165) is 42.7 Å². The number of aliphatic hydroxyl groups is 1. The van der Waals surface area contributed by atoms with Crippen LogP contribution in [-0.2, 0) is 38.1 Å². The lowest BCUT2D eigenvalue weighted by Crippen LogP contribution is -2.50. The molecule has 6 rings (SSSR count). The molecule has 1 saturated heterocycles. The molecule has 0 unspecified atom stereocenters. The van der Waals surface area contributed by atoms with Gasteiger partial charge in [0.05, 0.1) is 16.9 Å². The highest BCUT2D eigenvalue weighted by Crippen LogP contribution is 2.29. The fourth-order valence-corrected chi connectivity index (χ4v) is 5.22. The fraction of sp³-hybridized carbons (Fsp3) is 0.267. The lowest BCUT2D eigenvalue weighted by Gasteiger charge is -2.26. The standard InChI is InChI=1S/C29H26ClFN6O3.CH4O/c1-35-27(37-12-11-26(38)34-29(37)39)13-32-28(35)24-10-7-19-15-36(16-25(19)33-24)14-18-5-8-20(9-6-18)40-17-21-22(30)3-2-4-23(21)31;1-2/h2-10,13H,11-12,14-17H2,1H3,(H,34,38,39);2H,1H3. The summed E-state index contributed by atoms with van der Waals surface area (Å²) >= 11 is 6.09. The SMILES string of the molecule is CO.Cn1c(N2CCC(=O)NC2=O)cnc1-c1ccc2c(n1)CN(Cc1ccc(OCc3c(F)cccc3Cl)cc1)C2. The van der Waals surface area contributed by atoms with Crippen LogP contribution >= 0.6 is 11.6 Å². The van der Waals surface area contributed by atoms with E-state index in [1.165, 1.54) is 11.0 Å². The Morgan fingerprint density at radius 2 is 1.86 bits per heavy atom. The molecule has 0 spiro atoms. The Balaban J connectivity index is 0.00000173. The first-order valence-corrected chi connectivity index (χ1v) is 13.7. The van der Waals surface area contributed by atoms with Crippen LogP contribution in [0.1, 0.15) is 28.8 Å². The van der Waals surface area contributed by atoms with E-state index in [-0.39, 0.29) is 24.8 Å². The second kappa shape index (κ2) is 12.7. The maximum atomic E-state index is 14.0. The molecular weight excluding hydrogens is 563 g/mol. The van der Waals surface area contributed by atoms with Crippen molar-refractivity contribution >= 4 is 29.4 Å². The molecule has 0 radical (unpaired) electrons. The molecule has 0 atom stereocenters. The first-order valence-electron chi connectivity index (χ1n) is 13.3. The summed E-state index contributed by atoms with van der Waals surface area (Å²) in [7, 11) is 2.83. The number of halogens is 2. The molecule has 218 valence electrons. The fourth-order valence-electron chi connectivity index (χ4n) is 5.00. The Bertz CT molecular complexity index is 1590. The normalized spacial score (nSPS) is 14.7. The number of nitrogens with zero attached hydrogens (tertiary/aromatic N) is 5. The number of urea groups is 1. The molecular formula is C30H30ClFN6O4. The maximum Gasteiger partial charge on any atom is 0.329 e. The van der Waals surface area contributed by atoms with Crippen molar-refractivity contribution in [3.8, 4) is 17.3 Å². The van der Waals surface area contributed by atoms with Gasteiger partial charge in [-0.15, -0.1) is 0 Å². The molecule has 4 heterocycles. The third kappa shape index (κ3) is 6.13. The molecule has 4 aromatic rings. The minimum Gasteiger partial charge on any atom is -0.489 e. The summed E-state index contributed by atoms with van der Waals surface area (Å²) in [6, 6.07) is 15.9. The van der Waals surface area contributed by atoms with E-state index < -0.39 is 6.03 Å². The van der Waals surface area contributed by atoms with E-state index in [9.17, 15) is 14.0 Å². The van der Waals surface area contributed by atoms with E-state index >= 15 is 0 Å². The summed E-state index contributed by atoms with van der Waals surface area (Å²) in [6.45, 7) is 2.58. The lowest BCUT2D eigenvalue weighted by molar-refractivity contribution is -0.120. The molecule has 0 bridgehead atoms. The second-order valence-corrected chi connectivity index (χ2v) is 10.2. The number of amides is 3. The van der Waals surface area contributed by atoms with Gasteiger partial charge in [-0.2, -0.15) is 0 Å². The van der Waals surface area contributed by atoms with Crippen molar-refractivity contribution in [1.29, 1.82) is 0 Å². The number of hydrogen-bond acceptors (Lipinski definition) is 7. The first-order chi connectivity index (χ1) is 20.4. The van der Waals surface area contributed by atoms with Gasteiger partial charge in [-0.3, -0.25) is 19.9 Å². The molecule has 42 heavy (non-hydrogen) atoms. The van der Waals surface area contributed by atoms with Gasteiger partial charge in [0.25, 0.3) is 0 Å². The van der Waals surface area contributed by atoms with Gasteiger partial charge in [0.1, 0.15) is 29.7 Å². The van der Waals surface area contributed by atoms with Gasteiger partial charge in [-0.1, -0.05) is 35.9 Å². The highest BCUT2D eigenvalue weighted by Gasteiger charge is 2.28. The summed E-state index contributed by atoms with van der Waals surface area (Å²) in [4.78, 5) is 37.0. The monoisotopic (exact) mass is 592 g/mol. The molecule has 2 aromatic heterocycles. The molecule has 0 saturated carbocycles. The maximum absolute atomic E-state index is 14.0. The van der Waals surface area contributed by atoms with Crippen molar-refractivity contribution in [2.45, 2.75) is 32.7 Å². The van der Waals surface area contributed by atoms with E-state index in [4.69, 9.17) is 26.4 Å². The molecule has 2 N–H and O–H groups in total. The summed E-state index contributed by atoms with van der Waals surface area (Å²) in [5.74, 6) is 1.23. The number of carbonyl (C=O) groups is 2. The molecule has 0 aliphatic carbocycles. The first kappa shape index (κ1) is 29.2. The molecule has 3 amide bonds. The van der Waals surface area contributed by atoms with E-state index in [2.05, 4.69) is 21.3 Å². The Morgan fingerprint density at radius 1 is 1.07 bits per heavy atom. The third-order valence-electron chi connectivity index (χ3n) is 7.13. The molecule has 2 aliphatic rings. The number of nitrogens with one attached hydrogen (secondary N) is 1. The number of aromatic nitrogens is 3. The Morgan fingerprint density at radius 3 is 2.60 bits per heavy atom. The highest BCUT2D eigenvalue weighted by atomic mass is 35.5. The van der Waals surface area contributed by atoms with Gasteiger partial charge in [0, 0.05) is 52.3 Å². The van der Waals surface area contributed by atoms with Crippen LogP contribution in [0, 0.1) is 5.82 Å². The van der Waals surface area contributed by atoms with E-state index in [0.29, 0.717) is 41.1 Å². The van der Waals surface area contributed by atoms with Crippen LogP contribution in [0.25, 0.3) is 11.5 Å². The molecule has 12 heteroatoms. The molecule has 2 aliphatic heterocycles. The lowest BCUT2D eigenvalue weighted by atomic mass is 10.2. The zero-order valence-corrected chi connectivity index (χ0v) is 23.9. The van der Waals surface area contributed by atoms with Gasteiger partial charge < -0.3 is 14.4 Å². The van der Waals surface area contributed by atoms with Crippen molar-refractivity contribution < 1.29 is 23.8 Å². The van der Waals surface area contributed by atoms with Gasteiger partial charge >= 0.3 is 6.03 Å². The summed E-state index contributed by atoms with van der Waals surface area (Å²) in [5.41, 5.74) is 4.33. The Hall–Kier alpha value is -4.32. The number of fused-ring (bicyclic) bond motifs is 1. The zero-order valence-electron chi connectivity index (χ0n) is 23.2. The number of ether oxygens (including phenoxy) is 1. The Kier molecular flexibility index (Phi) is 8.81. The minimum absolute atomic E-state index is 0.0582. The number of imide groups is 1. The number of pyridine rings is 1. The summed E-state index contributed by atoms with van der Waals surface area (Å²) < 4.78 is 21.6. The van der Waals surface area contributed by atoms with Crippen molar-refractivity contribution in [3.63, 3.8) is 0 Å². The quantitative estimate of drug-likeness (QED) is 0.327. The van der Waals surface area contributed by atoms with Crippen molar-refractivity contribution in [3.05, 3.63) is 94.0 Å². The number of hydrogen-bond donors (Lipinski definition) is 2. The van der Waals surface area contributed by atoms with Gasteiger partial charge in [0.2, 0.25) is 5.91 Å². The molecule has 2 aromatic carbocycles. The van der Waals surface area contributed by atoms with Gasteiger partial charge in [-0.05, 0) is 41.5 Å². The number of rotatable bonds is 7. The van der Waals surface area contributed by atoms with Crippen LogP contribution in [0.5, 0.6) is 5.75 Å². The average molecular weight is 593 g/mol. The highest BCUT2D eigenvalue weighted by molar-refractivity contribution is 6.31. The number of imidazole rings is 1. The zero-order chi connectivity index (χ0) is 29.8. The third-order valence-corrected chi connectivity index (χ3v) is 7.49. The van der Waals surface area contributed by atoms with Crippen molar-refractivity contribution in [1.82, 2.24) is 24.8 Å².